The van der Waals surface area contributed by atoms with Crippen LogP contribution in [0.25, 0.3) is 0 Å². The van der Waals surface area contributed by atoms with Gasteiger partial charge in [0.05, 0.1) is 18.2 Å². The van der Waals surface area contributed by atoms with Crippen LogP contribution in [0.1, 0.15) is 31.2 Å². The third-order valence-electron chi connectivity index (χ3n) is 5.57. The Labute approximate surface area is 159 Å². The van der Waals surface area contributed by atoms with E-state index in [0.717, 1.165) is 37.8 Å². The number of likely N-dealkylation sites (tertiary alicyclic amines) is 1. The van der Waals surface area contributed by atoms with Gasteiger partial charge in [0.25, 0.3) is 0 Å². The largest absolute Gasteiger partial charge is 0.471 e. The number of rotatable bonds is 4. The monoisotopic (exact) mass is 367 g/mol. The predicted molar refractivity (Wildman–Crippen MR) is 100 cm³/mol. The maximum atomic E-state index is 13.7. The van der Waals surface area contributed by atoms with Crippen molar-refractivity contribution in [2.24, 2.45) is 0 Å². The first-order chi connectivity index (χ1) is 13.3. The summed E-state index contributed by atoms with van der Waals surface area (Å²) in [6.45, 7) is 2.60. The maximum absolute atomic E-state index is 13.7. The Morgan fingerprint density at radius 3 is 2.74 bits per heavy atom. The van der Waals surface area contributed by atoms with Gasteiger partial charge < -0.3 is 14.4 Å². The second-order valence-electron chi connectivity index (χ2n) is 7.24. The predicted octanol–water partition coefficient (Wildman–Crippen LogP) is 2.59. The molecule has 1 aromatic heterocycles. The smallest absolute Gasteiger partial charge is 0.233 e. The fraction of sp³-hybridized carbons (Fsp3) is 0.476. The topological polar surface area (TPSA) is 64.6 Å². The van der Waals surface area contributed by atoms with E-state index in [-0.39, 0.29) is 12.0 Å². The summed E-state index contributed by atoms with van der Waals surface area (Å²) in [5.74, 6) is 0.713. The summed E-state index contributed by atoms with van der Waals surface area (Å²) in [5, 5.41) is 0. The number of hydrogen-bond donors (Lipinski definition) is 0. The van der Waals surface area contributed by atoms with Gasteiger partial charge in [0.15, 0.2) is 0 Å². The molecule has 4 rings (SSSR count). The van der Waals surface area contributed by atoms with Crippen LogP contribution >= 0.6 is 0 Å². The number of benzene rings is 1. The van der Waals surface area contributed by atoms with Gasteiger partial charge >= 0.3 is 0 Å². The first kappa shape index (κ1) is 17.9. The minimum Gasteiger partial charge on any atom is -0.471 e. The molecule has 6 nitrogen and oxygen atoms in total. The van der Waals surface area contributed by atoms with Gasteiger partial charge in [-0.15, -0.1) is 0 Å². The number of hydrogen-bond acceptors (Lipinski definition) is 5. The summed E-state index contributed by atoms with van der Waals surface area (Å²) in [4.78, 5) is 23.9. The molecular formula is C21H25N3O3. The zero-order chi connectivity index (χ0) is 18.5. The van der Waals surface area contributed by atoms with E-state index in [1.165, 1.54) is 0 Å². The minimum atomic E-state index is -0.492. The average Bonchev–Trinajstić information content (AvgIpc) is 2.75. The number of ether oxygens (including phenoxy) is 2. The molecule has 1 atom stereocenters. The number of amides is 1. The quantitative estimate of drug-likeness (QED) is 0.831. The van der Waals surface area contributed by atoms with E-state index >= 15 is 0 Å². The highest BCUT2D eigenvalue weighted by molar-refractivity contribution is 5.88. The van der Waals surface area contributed by atoms with E-state index in [9.17, 15) is 4.79 Å². The first-order valence-electron chi connectivity index (χ1n) is 9.63. The normalized spacial score (nSPS) is 22.2. The fourth-order valence-electron chi connectivity index (χ4n) is 4.14. The lowest BCUT2D eigenvalue weighted by molar-refractivity contribution is -0.144. The number of carbonyl (C=O) groups excluding carboxylic acids is 1. The number of nitrogens with zero attached hydrogens (tertiary/aromatic N) is 3. The zero-order valence-electron chi connectivity index (χ0n) is 15.4. The van der Waals surface area contributed by atoms with Crippen molar-refractivity contribution in [1.82, 2.24) is 14.9 Å². The molecule has 0 aliphatic carbocycles. The molecule has 0 bridgehead atoms. The Kier molecular flexibility index (Phi) is 5.34. The summed E-state index contributed by atoms with van der Waals surface area (Å²) < 4.78 is 11.5. The lowest BCUT2D eigenvalue weighted by atomic mass is 9.72. The van der Waals surface area contributed by atoms with Gasteiger partial charge in [0, 0.05) is 32.2 Å². The Morgan fingerprint density at radius 1 is 1.19 bits per heavy atom. The molecular weight excluding hydrogens is 342 g/mol. The van der Waals surface area contributed by atoms with Crippen molar-refractivity contribution in [2.75, 3.05) is 26.3 Å². The van der Waals surface area contributed by atoms with Crippen molar-refractivity contribution < 1.29 is 14.3 Å². The molecule has 2 aliphatic rings. The summed E-state index contributed by atoms with van der Waals surface area (Å²) in [6, 6.07) is 10.2. The van der Waals surface area contributed by atoms with Crippen LogP contribution in [0.4, 0.5) is 0 Å². The maximum Gasteiger partial charge on any atom is 0.233 e. The van der Waals surface area contributed by atoms with E-state index in [1.807, 2.05) is 23.1 Å². The lowest BCUT2D eigenvalue weighted by Crippen LogP contribution is -2.54. The molecule has 27 heavy (non-hydrogen) atoms. The number of piperidine rings is 1. The van der Waals surface area contributed by atoms with Crippen molar-refractivity contribution in [2.45, 2.75) is 37.2 Å². The van der Waals surface area contributed by atoms with E-state index in [4.69, 9.17) is 9.47 Å². The van der Waals surface area contributed by atoms with Crippen LogP contribution in [0.5, 0.6) is 5.88 Å². The van der Waals surface area contributed by atoms with Crippen LogP contribution in [-0.2, 0) is 14.9 Å². The van der Waals surface area contributed by atoms with Crippen LogP contribution in [0.3, 0.4) is 0 Å². The van der Waals surface area contributed by atoms with Gasteiger partial charge in [-0.25, -0.2) is 4.98 Å². The van der Waals surface area contributed by atoms with E-state index in [1.54, 1.807) is 18.6 Å². The molecule has 2 fully saturated rings. The molecule has 0 radical (unpaired) electrons. The van der Waals surface area contributed by atoms with Gasteiger partial charge in [-0.05, 0) is 31.2 Å². The zero-order valence-corrected chi connectivity index (χ0v) is 15.4. The van der Waals surface area contributed by atoms with Crippen LogP contribution in [0, 0.1) is 0 Å². The molecule has 0 saturated carbocycles. The summed E-state index contributed by atoms with van der Waals surface area (Å²) in [5.41, 5.74) is 0.601. The first-order valence-corrected chi connectivity index (χ1v) is 9.63. The molecule has 142 valence electrons. The van der Waals surface area contributed by atoms with E-state index in [0.29, 0.717) is 25.6 Å². The van der Waals surface area contributed by atoms with Gasteiger partial charge in [-0.1, -0.05) is 30.3 Å². The molecule has 0 N–H and O–H groups in total. The highest BCUT2D eigenvalue weighted by atomic mass is 16.5. The lowest BCUT2D eigenvalue weighted by Gasteiger charge is -2.42. The third-order valence-corrected chi connectivity index (χ3v) is 5.57. The summed E-state index contributed by atoms with van der Waals surface area (Å²) in [7, 11) is 0. The Hall–Kier alpha value is -2.47. The molecule has 2 aliphatic heterocycles. The second-order valence-corrected chi connectivity index (χ2v) is 7.24. The van der Waals surface area contributed by atoms with E-state index < -0.39 is 5.41 Å². The van der Waals surface area contributed by atoms with Crippen LogP contribution in [0.2, 0.25) is 0 Å². The second kappa shape index (κ2) is 8.05. The molecule has 2 aromatic rings. The SMILES string of the molecule is O=C(N1CCCC(Oc2cnccn2)C1)C1(c2ccccc2)CCOCC1. The van der Waals surface area contributed by atoms with E-state index in [2.05, 4.69) is 22.1 Å². The van der Waals surface area contributed by atoms with Gasteiger partial charge in [-0.3, -0.25) is 9.78 Å². The molecule has 1 unspecified atom stereocenters. The third kappa shape index (κ3) is 3.81. The van der Waals surface area contributed by atoms with Crippen LogP contribution in [0.15, 0.2) is 48.9 Å². The van der Waals surface area contributed by atoms with Crippen molar-refractivity contribution in [1.29, 1.82) is 0 Å². The molecule has 1 amide bonds. The number of aromatic nitrogens is 2. The Bertz CT molecular complexity index is 748. The summed E-state index contributed by atoms with van der Waals surface area (Å²) in [6.07, 6.45) is 8.10. The van der Waals surface area contributed by atoms with Gasteiger partial charge in [0.2, 0.25) is 11.8 Å². The molecule has 0 spiro atoms. The fourth-order valence-corrected chi connectivity index (χ4v) is 4.14. The van der Waals surface area contributed by atoms with Crippen LogP contribution in [-0.4, -0.2) is 53.2 Å². The molecule has 6 heteroatoms. The molecule has 2 saturated heterocycles. The van der Waals surface area contributed by atoms with Crippen molar-refractivity contribution in [3.63, 3.8) is 0 Å². The minimum absolute atomic E-state index is 0.0490. The van der Waals surface area contributed by atoms with Crippen molar-refractivity contribution in [3.05, 3.63) is 54.5 Å². The van der Waals surface area contributed by atoms with Crippen LogP contribution < -0.4 is 4.74 Å². The Balaban J connectivity index is 1.52. The molecule has 1 aromatic carbocycles. The molecule has 3 heterocycles. The van der Waals surface area contributed by atoms with Gasteiger partial charge in [-0.2, -0.15) is 0 Å². The standard InChI is InChI=1S/C21H25N3O3/c25-20(21(8-13-26-14-9-21)17-5-2-1-3-6-17)24-12-4-7-18(16-24)27-19-15-22-10-11-23-19/h1-3,5-6,10-11,15,18H,4,7-9,12-14,16H2. The summed E-state index contributed by atoms with van der Waals surface area (Å²) >= 11 is 0. The highest BCUT2D eigenvalue weighted by Gasteiger charge is 2.45. The Morgan fingerprint density at radius 2 is 2.00 bits per heavy atom. The van der Waals surface area contributed by atoms with Crippen molar-refractivity contribution >= 4 is 5.91 Å². The van der Waals surface area contributed by atoms with Crippen molar-refractivity contribution in [3.8, 4) is 5.88 Å². The van der Waals surface area contributed by atoms with Gasteiger partial charge in [0.1, 0.15) is 6.10 Å². The highest BCUT2D eigenvalue weighted by Crippen LogP contribution is 2.37. The number of carbonyl (C=O) groups is 1. The average molecular weight is 367 g/mol.